The van der Waals surface area contributed by atoms with E-state index in [2.05, 4.69) is 25.5 Å². The Morgan fingerprint density at radius 1 is 1.11 bits per heavy atom. The molecule has 1 amide bonds. The van der Waals surface area contributed by atoms with Crippen LogP contribution in [-0.2, 0) is 13.0 Å². The van der Waals surface area contributed by atoms with E-state index in [1.54, 1.807) is 13.8 Å². The minimum absolute atomic E-state index is 0. The second kappa shape index (κ2) is 11.9. The third kappa shape index (κ3) is 5.99. The maximum atomic E-state index is 14.4. The number of amides is 1. The summed E-state index contributed by atoms with van der Waals surface area (Å²) in [5.41, 5.74) is 2.27. The van der Waals surface area contributed by atoms with Crippen LogP contribution in [0, 0.1) is 11.2 Å². The number of aromatic nitrogens is 4. The zero-order valence-electron chi connectivity index (χ0n) is 25.0. The second-order valence-corrected chi connectivity index (χ2v) is 12.7. The van der Waals surface area contributed by atoms with Crippen LogP contribution in [-0.4, -0.2) is 74.7 Å². The van der Waals surface area contributed by atoms with Crippen LogP contribution in [0.4, 0.5) is 19.0 Å². The highest BCUT2D eigenvalue weighted by molar-refractivity contribution is 5.97. The number of alkyl halides is 2. The Bertz CT molecular complexity index is 1570. The lowest BCUT2D eigenvalue weighted by Gasteiger charge is -2.58. The van der Waals surface area contributed by atoms with E-state index in [1.165, 1.54) is 23.4 Å². The first-order chi connectivity index (χ1) is 21.1. The lowest BCUT2D eigenvalue weighted by molar-refractivity contribution is -0.120. The van der Waals surface area contributed by atoms with Gasteiger partial charge in [-0.15, -0.1) is 22.6 Å². The smallest absolute Gasteiger partial charge is 0.282 e. The van der Waals surface area contributed by atoms with E-state index < -0.39 is 36.5 Å². The van der Waals surface area contributed by atoms with Crippen molar-refractivity contribution in [2.75, 3.05) is 24.5 Å². The number of hydrogen-bond donors (Lipinski definition) is 1. The standard InChI is InChI=1S/C31H34F3N7O3.ClH/c1-18(2)41(20-10-31(33,34)11-20)29(42)22-9-19(32)3-4-25(22)44-28-27(37-17-38-39-28)40-15-30(16-40)12-21(13-30)43-26-6-8-36-24-5-7-35-14-23(24)26;/h3-4,6,8-9,17-18,20-21,35H,5,7,10-16H2,1-2H3;1H. The van der Waals surface area contributed by atoms with Gasteiger partial charge < -0.3 is 24.6 Å². The number of nitrogens with one attached hydrogen (secondary N) is 1. The van der Waals surface area contributed by atoms with Gasteiger partial charge in [0.05, 0.1) is 5.56 Å². The summed E-state index contributed by atoms with van der Waals surface area (Å²) < 4.78 is 54.2. The molecule has 1 N–H and O–H groups in total. The molecule has 240 valence electrons. The molecule has 7 rings (SSSR count). The molecule has 1 spiro atoms. The summed E-state index contributed by atoms with van der Waals surface area (Å²) in [7, 11) is 0. The van der Waals surface area contributed by atoms with Crippen LogP contribution in [0.25, 0.3) is 0 Å². The second-order valence-electron chi connectivity index (χ2n) is 12.7. The van der Waals surface area contributed by atoms with Crippen LogP contribution in [0.3, 0.4) is 0 Å². The van der Waals surface area contributed by atoms with Gasteiger partial charge in [-0.3, -0.25) is 9.78 Å². The van der Waals surface area contributed by atoms with Crippen molar-refractivity contribution >= 4 is 24.1 Å². The number of benzene rings is 1. The SMILES string of the molecule is CC(C)N(C(=O)c1cc(F)ccc1Oc1nncnc1N1CC2(CC(Oc3ccnc4c3CNCC4)C2)C1)C1CC(F)(F)C1.Cl. The average Bonchev–Trinajstić information content (AvgIpc) is 2.94. The number of halogens is 4. The molecule has 45 heavy (non-hydrogen) atoms. The van der Waals surface area contributed by atoms with Crippen LogP contribution >= 0.6 is 12.4 Å². The number of rotatable bonds is 8. The predicted molar refractivity (Wildman–Crippen MR) is 161 cm³/mol. The summed E-state index contributed by atoms with van der Waals surface area (Å²) in [6.07, 6.45) is 5.13. The van der Waals surface area contributed by atoms with E-state index in [0.29, 0.717) is 5.82 Å². The van der Waals surface area contributed by atoms with E-state index in [4.69, 9.17) is 9.47 Å². The molecular weight excluding hydrogens is 611 g/mol. The minimum atomic E-state index is -2.81. The molecule has 2 saturated carbocycles. The van der Waals surface area contributed by atoms with Crippen LogP contribution in [0.5, 0.6) is 17.4 Å². The summed E-state index contributed by atoms with van der Waals surface area (Å²) in [5, 5.41) is 11.4. The maximum Gasteiger partial charge on any atom is 0.282 e. The van der Waals surface area contributed by atoms with E-state index in [1.807, 2.05) is 17.2 Å². The number of ether oxygens (including phenoxy) is 2. The summed E-state index contributed by atoms with van der Waals surface area (Å²) in [6.45, 7) is 6.63. The van der Waals surface area contributed by atoms with E-state index in [-0.39, 0.29) is 47.2 Å². The number of pyridine rings is 1. The highest BCUT2D eigenvalue weighted by Crippen LogP contribution is 2.52. The highest BCUT2D eigenvalue weighted by Gasteiger charge is 2.55. The quantitative estimate of drug-likeness (QED) is 0.364. The fourth-order valence-electron chi connectivity index (χ4n) is 6.98. The van der Waals surface area contributed by atoms with E-state index >= 15 is 0 Å². The van der Waals surface area contributed by atoms with Crippen molar-refractivity contribution < 1.29 is 27.4 Å². The Morgan fingerprint density at radius 3 is 2.62 bits per heavy atom. The third-order valence-corrected chi connectivity index (χ3v) is 9.11. The first-order valence-corrected chi connectivity index (χ1v) is 15.0. The first-order valence-electron chi connectivity index (χ1n) is 15.0. The molecule has 4 aliphatic rings. The van der Waals surface area contributed by atoms with Crippen LogP contribution < -0.4 is 19.7 Å². The average molecular weight is 646 g/mol. The van der Waals surface area contributed by atoms with Crippen molar-refractivity contribution in [3.63, 3.8) is 0 Å². The van der Waals surface area contributed by atoms with Gasteiger partial charge in [-0.05, 0) is 51.0 Å². The number of nitrogens with zero attached hydrogens (tertiary/aromatic N) is 6. The zero-order chi connectivity index (χ0) is 30.6. The van der Waals surface area contributed by atoms with Crippen LogP contribution in [0.1, 0.15) is 61.1 Å². The van der Waals surface area contributed by atoms with Crippen molar-refractivity contribution in [1.82, 2.24) is 30.4 Å². The Morgan fingerprint density at radius 2 is 1.89 bits per heavy atom. The molecule has 0 radical (unpaired) electrons. The Labute approximate surface area is 265 Å². The van der Waals surface area contributed by atoms with Crippen LogP contribution in [0.15, 0.2) is 36.8 Å². The summed E-state index contributed by atoms with van der Waals surface area (Å²) in [6, 6.07) is 4.51. The highest BCUT2D eigenvalue weighted by atomic mass is 35.5. The molecule has 0 atom stereocenters. The molecule has 3 aromatic rings. The molecule has 1 saturated heterocycles. The normalized spacial score (nSPS) is 19.9. The summed E-state index contributed by atoms with van der Waals surface area (Å²) >= 11 is 0. The molecule has 0 bridgehead atoms. The van der Waals surface area contributed by atoms with Gasteiger partial charge in [-0.25, -0.2) is 18.2 Å². The van der Waals surface area contributed by atoms with Gasteiger partial charge in [0.15, 0.2) is 5.82 Å². The number of anilines is 1. The predicted octanol–water partition coefficient (Wildman–Crippen LogP) is 4.96. The van der Waals surface area contributed by atoms with Gasteiger partial charge in [0.25, 0.3) is 17.7 Å². The number of hydrogen-bond acceptors (Lipinski definition) is 9. The monoisotopic (exact) mass is 645 g/mol. The van der Waals surface area contributed by atoms with Gasteiger partial charge in [-0.2, -0.15) is 0 Å². The fourth-order valence-corrected chi connectivity index (χ4v) is 6.98. The molecule has 0 unspecified atom stereocenters. The fraction of sp³-hybridized carbons (Fsp3) is 0.516. The Kier molecular flexibility index (Phi) is 8.27. The molecule has 2 aliphatic heterocycles. The number of fused-ring (bicyclic) bond motifs is 1. The number of carbonyl (C=O) groups excluding carboxylic acids is 1. The topological polar surface area (TPSA) is 106 Å². The molecule has 10 nitrogen and oxygen atoms in total. The maximum absolute atomic E-state index is 14.4. The van der Waals surface area contributed by atoms with Gasteiger partial charge in [0.1, 0.15) is 29.7 Å². The van der Waals surface area contributed by atoms with E-state index in [0.717, 1.165) is 68.5 Å². The molecule has 4 heterocycles. The van der Waals surface area contributed by atoms with Gasteiger partial charge in [-0.1, -0.05) is 0 Å². The van der Waals surface area contributed by atoms with Gasteiger partial charge in [0, 0.05) is 80.4 Å². The molecule has 1 aromatic carbocycles. The van der Waals surface area contributed by atoms with Crippen molar-refractivity contribution in [2.24, 2.45) is 5.41 Å². The molecule has 14 heteroatoms. The van der Waals surface area contributed by atoms with Crippen molar-refractivity contribution in [3.8, 4) is 17.4 Å². The summed E-state index contributed by atoms with van der Waals surface area (Å²) in [5.74, 6) is -2.53. The van der Waals surface area contributed by atoms with Crippen LogP contribution in [0.2, 0.25) is 0 Å². The lowest BCUT2D eigenvalue weighted by atomic mass is 9.61. The minimum Gasteiger partial charge on any atom is -0.490 e. The first kappa shape index (κ1) is 31.3. The zero-order valence-corrected chi connectivity index (χ0v) is 25.8. The Balaban J connectivity index is 0.00000357. The Hall–Kier alpha value is -3.71. The molecule has 2 aliphatic carbocycles. The van der Waals surface area contributed by atoms with E-state index in [9.17, 15) is 18.0 Å². The van der Waals surface area contributed by atoms with Crippen molar-refractivity contribution in [2.45, 2.75) is 76.6 Å². The van der Waals surface area contributed by atoms with Crippen molar-refractivity contribution in [3.05, 3.63) is 59.4 Å². The lowest BCUT2D eigenvalue weighted by Crippen LogP contribution is -2.65. The van der Waals surface area contributed by atoms with Crippen molar-refractivity contribution in [1.29, 1.82) is 0 Å². The largest absolute Gasteiger partial charge is 0.490 e. The van der Waals surface area contributed by atoms with Gasteiger partial charge >= 0.3 is 0 Å². The number of carbonyl (C=O) groups is 1. The third-order valence-electron chi connectivity index (χ3n) is 9.11. The van der Waals surface area contributed by atoms with Gasteiger partial charge in [0.2, 0.25) is 0 Å². The summed E-state index contributed by atoms with van der Waals surface area (Å²) in [4.78, 5) is 25.9. The molecule has 3 fully saturated rings. The molecule has 2 aromatic heterocycles. The molecular formula is C31H35ClF3N7O3.